The van der Waals surface area contributed by atoms with Gasteiger partial charge < -0.3 is 25.3 Å². The number of carbonyl (C=O) groups is 1. The number of guanidine groups is 1. The fourth-order valence-corrected chi connectivity index (χ4v) is 2.91. The predicted molar refractivity (Wildman–Crippen MR) is 103 cm³/mol. The van der Waals surface area contributed by atoms with Crippen LogP contribution >= 0.6 is 11.6 Å². The van der Waals surface area contributed by atoms with Crippen molar-refractivity contribution in [3.8, 4) is 0 Å². The molecule has 1 aromatic heterocycles. The number of hydrogen-bond donors (Lipinski definition) is 2. The molecule has 0 unspecified atom stereocenters. The second-order valence-electron chi connectivity index (χ2n) is 5.92. The average molecular weight is 376 g/mol. The summed E-state index contributed by atoms with van der Waals surface area (Å²) >= 11 is 5.93. The third-order valence-corrected chi connectivity index (χ3v) is 4.46. The molecule has 0 saturated carbocycles. The zero-order chi connectivity index (χ0) is 18.4. The Labute approximate surface area is 157 Å². The maximum absolute atomic E-state index is 11.7. The Hall–Kier alpha value is -2.67. The number of halogens is 1. The van der Waals surface area contributed by atoms with Crippen LogP contribution in [0.25, 0.3) is 0 Å². The minimum Gasteiger partial charge on any atom is -0.459 e. The molecule has 1 fully saturated rings. The molecule has 1 aromatic carbocycles. The number of rotatable bonds is 5. The number of nitrogens with one attached hydrogen (secondary N) is 1. The van der Waals surface area contributed by atoms with Gasteiger partial charge in [0.1, 0.15) is 0 Å². The Kier molecular flexibility index (Phi) is 6.01. The van der Waals surface area contributed by atoms with E-state index in [9.17, 15) is 4.79 Å². The third kappa shape index (κ3) is 4.70. The van der Waals surface area contributed by atoms with Crippen LogP contribution in [0.5, 0.6) is 0 Å². The van der Waals surface area contributed by atoms with E-state index < -0.39 is 0 Å². The van der Waals surface area contributed by atoms with Gasteiger partial charge in [-0.1, -0.05) is 11.6 Å². The van der Waals surface area contributed by atoms with Gasteiger partial charge in [0.15, 0.2) is 11.7 Å². The highest BCUT2D eigenvalue weighted by atomic mass is 35.5. The van der Waals surface area contributed by atoms with Crippen LogP contribution < -0.4 is 16.0 Å². The number of carbonyl (C=O) groups excluding carboxylic acids is 1. The Morgan fingerprint density at radius 2 is 1.92 bits per heavy atom. The van der Waals surface area contributed by atoms with Crippen molar-refractivity contribution in [2.45, 2.75) is 0 Å². The number of benzene rings is 1. The zero-order valence-corrected chi connectivity index (χ0v) is 15.2. The molecule has 1 amide bonds. The predicted octanol–water partition coefficient (Wildman–Crippen LogP) is 1.80. The van der Waals surface area contributed by atoms with Crippen LogP contribution in [0, 0.1) is 0 Å². The van der Waals surface area contributed by atoms with E-state index in [-0.39, 0.29) is 5.91 Å². The number of amides is 1. The van der Waals surface area contributed by atoms with Gasteiger partial charge in [0.25, 0.3) is 5.91 Å². The minimum absolute atomic E-state index is 0.250. The molecule has 0 atom stereocenters. The number of nitrogens with zero attached hydrogens (tertiary/aromatic N) is 3. The maximum atomic E-state index is 11.7. The molecule has 26 heavy (non-hydrogen) atoms. The Morgan fingerprint density at radius 1 is 1.19 bits per heavy atom. The summed E-state index contributed by atoms with van der Waals surface area (Å²) in [5.74, 6) is 0.550. The Morgan fingerprint density at radius 3 is 2.58 bits per heavy atom. The first-order valence-electron chi connectivity index (χ1n) is 8.50. The fraction of sp³-hybridized carbons (Fsp3) is 0.333. The molecule has 0 aliphatic carbocycles. The smallest absolute Gasteiger partial charge is 0.287 e. The molecule has 2 aromatic rings. The first-order chi connectivity index (χ1) is 12.6. The molecule has 8 heteroatoms. The first-order valence-corrected chi connectivity index (χ1v) is 8.88. The van der Waals surface area contributed by atoms with E-state index >= 15 is 0 Å². The summed E-state index contributed by atoms with van der Waals surface area (Å²) in [5, 5.41) is 3.48. The molecular formula is C18H22ClN5O2. The van der Waals surface area contributed by atoms with Crippen LogP contribution in [0.3, 0.4) is 0 Å². The van der Waals surface area contributed by atoms with Gasteiger partial charge in [-0.05, 0) is 36.4 Å². The lowest BCUT2D eigenvalue weighted by Crippen LogP contribution is -2.51. The summed E-state index contributed by atoms with van der Waals surface area (Å²) in [6.07, 6.45) is 1.47. The molecule has 0 bridgehead atoms. The van der Waals surface area contributed by atoms with Crippen molar-refractivity contribution >= 4 is 29.2 Å². The van der Waals surface area contributed by atoms with Gasteiger partial charge in [-0.2, -0.15) is 0 Å². The molecule has 0 spiro atoms. The quantitative estimate of drug-likeness (QED) is 0.472. The zero-order valence-electron chi connectivity index (χ0n) is 14.4. The van der Waals surface area contributed by atoms with E-state index in [0.29, 0.717) is 24.8 Å². The summed E-state index contributed by atoms with van der Waals surface area (Å²) in [4.78, 5) is 20.4. The summed E-state index contributed by atoms with van der Waals surface area (Å²) in [5.41, 5.74) is 7.23. The second kappa shape index (κ2) is 8.62. The van der Waals surface area contributed by atoms with Gasteiger partial charge in [-0.15, -0.1) is 0 Å². The van der Waals surface area contributed by atoms with Crippen molar-refractivity contribution in [2.24, 2.45) is 10.7 Å². The number of aliphatic imine (C=N–C) groups is 1. The topological polar surface area (TPSA) is 87.1 Å². The van der Waals surface area contributed by atoms with Crippen molar-refractivity contribution in [2.75, 3.05) is 44.2 Å². The van der Waals surface area contributed by atoms with Crippen molar-refractivity contribution in [1.29, 1.82) is 0 Å². The Balaban J connectivity index is 1.41. The molecule has 3 rings (SSSR count). The van der Waals surface area contributed by atoms with Crippen LogP contribution in [-0.2, 0) is 0 Å². The SMILES string of the molecule is NC(=NCCNC(=O)c1ccco1)N1CCN(c2ccc(Cl)cc2)CC1. The van der Waals surface area contributed by atoms with Crippen LogP contribution in [0.2, 0.25) is 5.02 Å². The van der Waals surface area contributed by atoms with Crippen molar-refractivity contribution in [3.05, 3.63) is 53.4 Å². The largest absolute Gasteiger partial charge is 0.459 e. The van der Waals surface area contributed by atoms with E-state index in [0.717, 1.165) is 36.9 Å². The van der Waals surface area contributed by atoms with E-state index in [2.05, 4.69) is 20.1 Å². The molecule has 0 radical (unpaired) electrons. The van der Waals surface area contributed by atoms with E-state index in [1.807, 2.05) is 24.3 Å². The van der Waals surface area contributed by atoms with E-state index in [1.54, 1.807) is 12.1 Å². The van der Waals surface area contributed by atoms with Gasteiger partial charge in [0.2, 0.25) is 0 Å². The van der Waals surface area contributed by atoms with Crippen LogP contribution in [-0.4, -0.2) is 56.0 Å². The number of hydrogen-bond acceptors (Lipinski definition) is 4. The highest BCUT2D eigenvalue weighted by Crippen LogP contribution is 2.19. The second-order valence-corrected chi connectivity index (χ2v) is 6.36. The maximum Gasteiger partial charge on any atom is 0.287 e. The number of nitrogens with two attached hydrogens (primary N) is 1. The molecular weight excluding hydrogens is 354 g/mol. The molecule has 2 heterocycles. The van der Waals surface area contributed by atoms with Gasteiger partial charge in [-0.25, -0.2) is 0 Å². The van der Waals surface area contributed by atoms with Crippen molar-refractivity contribution in [3.63, 3.8) is 0 Å². The Bertz CT molecular complexity index is 737. The summed E-state index contributed by atoms with van der Waals surface area (Å²) in [7, 11) is 0. The first kappa shape index (κ1) is 18.1. The molecule has 1 aliphatic heterocycles. The standard InChI is InChI=1S/C18H22ClN5O2/c19-14-3-5-15(6-4-14)23-9-11-24(12-10-23)18(20)22-8-7-21-17(25)16-2-1-13-26-16/h1-6,13H,7-12H2,(H2,20,22)(H,21,25). The molecule has 1 aliphatic rings. The van der Waals surface area contributed by atoms with Crippen molar-refractivity contribution in [1.82, 2.24) is 10.2 Å². The van der Waals surface area contributed by atoms with Crippen molar-refractivity contribution < 1.29 is 9.21 Å². The fourth-order valence-electron chi connectivity index (χ4n) is 2.78. The lowest BCUT2D eigenvalue weighted by molar-refractivity contribution is 0.0927. The third-order valence-electron chi connectivity index (χ3n) is 4.21. The van der Waals surface area contributed by atoms with E-state index in [1.165, 1.54) is 6.26 Å². The van der Waals surface area contributed by atoms with Gasteiger partial charge >= 0.3 is 0 Å². The normalized spacial score (nSPS) is 15.2. The van der Waals surface area contributed by atoms with Crippen LogP contribution in [0.15, 0.2) is 52.1 Å². The number of anilines is 1. The summed E-state index contributed by atoms with van der Waals surface area (Å²) in [6, 6.07) is 11.1. The molecule has 1 saturated heterocycles. The van der Waals surface area contributed by atoms with Gasteiger partial charge in [-0.3, -0.25) is 9.79 Å². The highest BCUT2D eigenvalue weighted by molar-refractivity contribution is 6.30. The molecule has 3 N–H and O–H groups in total. The van der Waals surface area contributed by atoms with Gasteiger partial charge in [0.05, 0.1) is 12.8 Å². The van der Waals surface area contributed by atoms with Gasteiger partial charge in [0, 0.05) is 43.4 Å². The number of furan rings is 1. The summed E-state index contributed by atoms with van der Waals surface area (Å²) < 4.78 is 5.03. The molecule has 138 valence electrons. The van der Waals surface area contributed by atoms with Crippen LogP contribution in [0.1, 0.15) is 10.6 Å². The number of piperazine rings is 1. The minimum atomic E-state index is -0.250. The van der Waals surface area contributed by atoms with Crippen LogP contribution in [0.4, 0.5) is 5.69 Å². The lowest BCUT2D eigenvalue weighted by Gasteiger charge is -2.36. The van der Waals surface area contributed by atoms with E-state index in [4.69, 9.17) is 21.8 Å². The summed E-state index contributed by atoms with van der Waals surface area (Å²) in [6.45, 7) is 4.17. The monoisotopic (exact) mass is 375 g/mol. The molecule has 7 nitrogen and oxygen atoms in total. The average Bonchev–Trinajstić information content (AvgIpc) is 3.20. The highest BCUT2D eigenvalue weighted by Gasteiger charge is 2.18. The lowest BCUT2D eigenvalue weighted by atomic mass is 10.2.